The van der Waals surface area contributed by atoms with Gasteiger partial charge in [-0.3, -0.25) is 5.32 Å². The van der Waals surface area contributed by atoms with Crippen LogP contribution in [0.2, 0.25) is 19.6 Å². The molecule has 170 valence electrons. The molecule has 0 amide bonds. The Balaban J connectivity index is 2.24. The molecular formula is C24H35NO5Si. The molecule has 0 unspecified atom stereocenters. The molecule has 0 saturated carbocycles. The third-order valence-corrected chi connectivity index (χ3v) is 6.04. The summed E-state index contributed by atoms with van der Waals surface area (Å²) in [4.78, 5) is 13.1. The van der Waals surface area contributed by atoms with Gasteiger partial charge in [0.1, 0.15) is 5.75 Å². The molecular weight excluding hydrogens is 410 g/mol. The maximum Gasteiger partial charge on any atom is 0.331 e. The Bertz CT molecular complexity index is 807. The Morgan fingerprint density at radius 1 is 1.00 bits per heavy atom. The molecule has 0 radical (unpaired) electrons. The average molecular weight is 446 g/mol. The standard InChI is InChI=1S/C24H35NO5Si/c1-19(30-31(4,5)6)24(23(26)28-3,18-29-17-21-10-8-7-9-11-21)25-16-20-12-14-22(27-2)15-13-20/h7-15,19,25H,16-18H2,1-6H3/t19-,24-/m1/s1. The van der Waals surface area contributed by atoms with Gasteiger partial charge in [0.2, 0.25) is 0 Å². The maximum absolute atomic E-state index is 13.1. The number of rotatable bonds is 12. The zero-order valence-corrected chi connectivity index (χ0v) is 20.4. The summed E-state index contributed by atoms with van der Waals surface area (Å²) in [7, 11) is 1.09. The van der Waals surface area contributed by atoms with Gasteiger partial charge in [0, 0.05) is 6.54 Å². The van der Waals surface area contributed by atoms with Crippen LogP contribution in [0.5, 0.6) is 5.75 Å². The normalized spacial score (nSPS) is 14.5. The molecule has 0 aliphatic rings. The highest BCUT2D eigenvalue weighted by Crippen LogP contribution is 2.23. The molecule has 2 aromatic carbocycles. The Labute approximate surface area is 187 Å². The number of benzene rings is 2. The van der Waals surface area contributed by atoms with Crippen LogP contribution in [0.3, 0.4) is 0 Å². The van der Waals surface area contributed by atoms with Crippen molar-refractivity contribution in [1.29, 1.82) is 0 Å². The Hall–Kier alpha value is -2.19. The predicted molar refractivity (Wildman–Crippen MR) is 125 cm³/mol. The van der Waals surface area contributed by atoms with Crippen LogP contribution in [0, 0.1) is 0 Å². The summed E-state index contributed by atoms with van der Waals surface area (Å²) in [5.74, 6) is 0.379. The highest BCUT2D eigenvalue weighted by atomic mass is 28.4. The van der Waals surface area contributed by atoms with Crippen LogP contribution < -0.4 is 10.1 Å². The zero-order chi connectivity index (χ0) is 22.9. The molecule has 0 fully saturated rings. The number of methoxy groups -OCH3 is 2. The fraction of sp³-hybridized carbons (Fsp3) is 0.458. The molecule has 0 spiro atoms. The average Bonchev–Trinajstić information content (AvgIpc) is 2.75. The van der Waals surface area contributed by atoms with E-state index in [1.54, 1.807) is 7.11 Å². The summed E-state index contributed by atoms with van der Waals surface area (Å²) in [6.07, 6.45) is -0.444. The molecule has 2 atom stereocenters. The lowest BCUT2D eigenvalue weighted by Gasteiger charge is -2.39. The van der Waals surface area contributed by atoms with Crippen LogP contribution in [-0.4, -0.2) is 46.8 Å². The number of hydrogen-bond donors (Lipinski definition) is 1. The van der Waals surface area contributed by atoms with Gasteiger partial charge in [0.25, 0.3) is 0 Å². The van der Waals surface area contributed by atoms with E-state index in [0.717, 1.165) is 16.9 Å². The van der Waals surface area contributed by atoms with Crippen molar-refractivity contribution in [2.45, 2.75) is 51.4 Å². The Morgan fingerprint density at radius 2 is 1.65 bits per heavy atom. The minimum Gasteiger partial charge on any atom is -0.497 e. The summed E-state index contributed by atoms with van der Waals surface area (Å²) < 4.78 is 22.8. The third-order valence-electron chi connectivity index (χ3n) is 4.98. The minimum absolute atomic E-state index is 0.121. The van der Waals surface area contributed by atoms with E-state index in [4.69, 9.17) is 18.6 Å². The van der Waals surface area contributed by atoms with Crippen LogP contribution in [0.4, 0.5) is 0 Å². The minimum atomic E-state index is -1.93. The summed E-state index contributed by atoms with van der Waals surface area (Å²) in [5.41, 5.74) is 0.900. The monoisotopic (exact) mass is 445 g/mol. The SMILES string of the molecule is COC(=O)[C@](COCc1ccccc1)(NCc1ccc(OC)cc1)[C@@H](C)O[Si](C)(C)C. The van der Waals surface area contributed by atoms with Crippen molar-refractivity contribution in [2.75, 3.05) is 20.8 Å². The summed E-state index contributed by atoms with van der Waals surface area (Å²) in [6, 6.07) is 17.6. The van der Waals surface area contributed by atoms with E-state index >= 15 is 0 Å². The first-order valence-electron chi connectivity index (χ1n) is 10.5. The van der Waals surface area contributed by atoms with Gasteiger partial charge < -0.3 is 18.6 Å². The largest absolute Gasteiger partial charge is 0.497 e. The van der Waals surface area contributed by atoms with E-state index in [-0.39, 0.29) is 6.61 Å². The number of nitrogens with one attached hydrogen (secondary N) is 1. The highest BCUT2D eigenvalue weighted by Gasteiger charge is 2.47. The first-order chi connectivity index (χ1) is 14.7. The predicted octanol–water partition coefficient (Wildman–Crippen LogP) is 4.15. The van der Waals surface area contributed by atoms with Gasteiger partial charge in [-0.1, -0.05) is 42.5 Å². The molecule has 0 bridgehead atoms. The molecule has 0 saturated heterocycles. The molecule has 0 aliphatic heterocycles. The van der Waals surface area contributed by atoms with E-state index in [9.17, 15) is 4.79 Å². The van der Waals surface area contributed by atoms with Crippen molar-refractivity contribution >= 4 is 14.3 Å². The number of carbonyl (C=O) groups is 1. The van der Waals surface area contributed by atoms with Gasteiger partial charge in [-0.15, -0.1) is 0 Å². The number of ether oxygens (including phenoxy) is 3. The van der Waals surface area contributed by atoms with Gasteiger partial charge in [-0.05, 0) is 49.8 Å². The summed E-state index contributed by atoms with van der Waals surface area (Å²) >= 11 is 0. The van der Waals surface area contributed by atoms with Crippen molar-refractivity contribution in [2.24, 2.45) is 0 Å². The Morgan fingerprint density at radius 3 is 2.19 bits per heavy atom. The van der Waals surface area contributed by atoms with E-state index in [2.05, 4.69) is 25.0 Å². The highest BCUT2D eigenvalue weighted by molar-refractivity contribution is 6.69. The number of carbonyl (C=O) groups excluding carboxylic acids is 1. The first-order valence-corrected chi connectivity index (χ1v) is 13.9. The summed E-state index contributed by atoms with van der Waals surface area (Å²) in [5, 5.41) is 3.40. The molecule has 0 aromatic heterocycles. The molecule has 7 heteroatoms. The van der Waals surface area contributed by atoms with Crippen LogP contribution in [-0.2, 0) is 31.8 Å². The fourth-order valence-electron chi connectivity index (χ4n) is 3.33. The molecule has 2 aromatic rings. The second-order valence-electron chi connectivity index (χ2n) is 8.52. The van der Waals surface area contributed by atoms with Gasteiger partial charge >= 0.3 is 5.97 Å². The van der Waals surface area contributed by atoms with E-state index < -0.39 is 25.9 Å². The number of esters is 1. The lowest BCUT2D eigenvalue weighted by molar-refractivity contribution is -0.157. The summed E-state index contributed by atoms with van der Waals surface area (Å²) in [6.45, 7) is 9.16. The molecule has 1 N–H and O–H groups in total. The quantitative estimate of drug-likeness (QED) is 0.391. The van der Waals surface area contributed by atoms with Crippen molar-refractivity contribution < 1.29 is 23.4 Å². The van der Waals surface area contributed by atoms with Crippen molar-refractivity contribution in [3.63, 3.8) is 0 Å². The van der Waals surface area contributed by atoms with E-state index in [1.165, 1.54) is 7.11 Å². The second-order valence-corrected chi connectivity index (χ2v) is 13.0. The van der Waals surface area contributed by atoms with Crippen molar-refractivity contribution in [3.8, 4) is 5.75 Å². The lowest BCUT2D eigenvalue weighted by Crippen LogP contribution is -2.64. The van der Waals surface area contributed by atoms with E-state index in [1.807, 2.05) is 61.5 Å². The second kappa shape index (κ2) is 11.4. The van der Waals surface area contributed by atoms with Crippen LogP contribution in [0.15, 0.2) is 54.6 Å². The molecule has 0 heterocycles. The molecule has 2 rings (SSSR count). The van der Waals surface area contributed by atoms with Crippen molar-refractivity contribution in [1.82, 2.24) is 5.32 Å². The topological polar surface area (TPSA) is 66.0 Å². The molecule has 31 heavy (non-hydrogen) atoms. The zero-order valence-electron chi connectivity index (χ0n) is 19.4. The molecule has 6 nitrogen and oxygen atoms in total. The fourth-order valence-corrected chi connectivity index (χ4v) is 4.59. The van der Waals surface area contributed by atoms with Gasteiger partial charge in [-0.25, -0.2) is 4.79 Å². The van der Waals surface area contributed by atoms with Crippen LogP contribution in [0.25, 0.3) is 0 Å². The van der Waals surface area contributed by atoms with Gasteiger partial charge in [0.05, 0.1) is 33.5 Å². The van der Waals surface area contributed by atoms with Crippen LogP contribution in [0.1, 0.15) is 18.1 Å². The Kier molecular flexibility index (Phi) is 9.25. The first kappa shape index (κ1) is 25.1. The number of hydrogen-bond acceptors (Lipinski definition) is 6. The van der Waals surface area contributed by atoms with Crippen LogP contribution >= 0.6 is 0 Å². The smallest absolute Gasteiger partial charge is 0.331 e. The van der Waals surface area contributed by atoms with Crippen molar-refractivity contribution in [3.05, 3.63) is 65.7 Å². The van der Waals surface area contributed by atoms with Gasteiger partial charge in [0.15, 0.2) is 13.9 Å². The van der Waals surface area contributed by atoms with Gasteiger partial charge in [-0.2, -0.15) is 0 Å². The van der Waals surface area contributed by atoms with E-state index in [0.29, 0.717) is 13.2 Å². The maximum atomic E-state index is 13.1. The lowest BCUT2D eigenvalue weighted by atomic mass is 9.93. The third kappa shape index (κ3) is 7.47. The molecule has 0 aliphatic carbocycles.